The molecule has 0 heterocycles. The first-order valence-corrected chi connectivity index (χ1v) is 6.63. The van der Waals surface area contributed by atoms with Gasteiger partial charge in [0.25, 0.3) is 11.6 Å². The molecule has 0 radical (unpaired) electrons. The highest BCUT2D eigenvalue weighted by molar-refractivity contribution is 5.99. The van der Waals surface area contributed by atoms with Crippen LogP contribution >= 0.6 is 0 Å². The molecule has 0 saturated carbocycles. The van der Waals surface area contributed by atoms with Crippen molar-refractivity contribution in [2.24, 2.45) is 0 Å². The second-order valence-corrected chi connectivity index (χ2v) is 4.78. The van der Waals surface area contributed by atoms with Crippen LogP contribution in [0.5, 0.6) is 0 Å². The third kappa shape index (κ3) is 4.55. The summed E-state index contributed by atoms with van der Waals surface area (Å²) >= 11 is 0. The van der Waals surface area contributed by atoms with Crippen LogP contribution in [-0.2, 0) is 4.79 Å². The zero-order chi connectivity index (χ0) is 16.0. The second-order valence-electron chi connectivity index (χ2n) is 4.78. The summed E-state index contributed by atoms with van der Waals surface area (Å²) < 4.78 is 0. The summed E-state index contributed by atoms with van der Waals surface area (Å²) in [5, 5.41) is 22.4. The van der Waals surface area contributed by atoms with Gasteiger partial charge >= 0.3 is 5.97 Å². The SMILES string of the molecule is CCCC(CC(=O)O)NC(=O)c1c(C)cccc1[N+](=O)[O-]. The number of rotatable bonds is 7. The molecule has 21 heavy (non-hydrogen) atoms. The fourth-order valence-corrected chi connectivity index (χ4v) is 2.14. The molecule has 1 rings (SSSR count). The summed E-state index contributed by atoms with van der Waals surface area (Å²) in [4.78, 5) is 33.4. The minimum atomic E-state index is -1.02. The van der Waals surface area contributed by atoms with E-state index in [1.165, 1.54) is 12.1 Å². The lowest BCUT2D eigenvalue weighted by Crippen LogP contribution is -2.37. The summed E-state index contributed by atoms with van der Waals surface area (Å²) in [5.41, 5.74) is 0.180. The smallest absolute Gasteiger partial charge is 0.305 e. The number of carbonyl (C=O) groups is 2. The zero-order valence-electron chi connectivity index (χ0n) is 12.0. The molecule has 0 bridgehead atoms. The lowest BCUT2D eigenvalue weighted by Gasteiger charge is -2.16. The van der Waals surface area contributed by atoms with Gasteiger partial charge in [0.05, 0.1) is 11.3 Å². The Morgan fingerprint density at radius 2 is 2.10 bits per heavy atom. The Balaban J connectivity index is 3.02. The van der Waals surface area contributed by atoms with Crippen molar-refractivity contribution in [1.82, 2.24) is 5.32 Å². The lowest BCUT2D eigenvalue weighted by molar-refractivity contribution is -0.385. The molecule has 0 fully saturated rings. The standard InChI is InChI=1S/C14H18N2O5/c1-3-5-10(8-12(17)18)15-14(19)13-9(2)6-4-7-11(13)16(20)21/h4,6-7,10H,3,5,8H2,1-2H3,(H,15,19)(H,17,18). The number of hydrogen-bond donors (Lipinski definition) is 2. The zero-order valence-corrected chi connectivity index (χ0v) is 12.0. The molecule has 114 valence electrons. The summed E-state index contributed by atoms with van der Waals surface area (Å²) in [7, 11) is 0. The number of nitrogens with one attached hydrogen (secondary N) is 1. The van der Waals surface area contributed by atoms with Gasteiger partial charge in [0.15, 0.2) is 0 Å². The van der Waals surface area contributed by atoms with Gasteiger partial charge in [0.2, 0.25) is 0 Å². The predicted octanol–water partition coefficient (Wildman–Crippen LogP) is 2.28. The van der Waals surface area contributed by atoms with Crippen molar-refractivity contribution in [3.8, 4) is 0 Å². The number of nitro groups is 1. The Morgan fingerprint density at radius 1 is 1.43 bits per heavy atom. The van der Waals surface area contributed by atoms with E-state index >= 15 is 0 Å². The summed E-state index contributed by atoms with van der Waals surface area (Å²) in [5.74, 6) is -1.63. The highest BCUT2D eigenvalue weighted by atomic mass is 16.6. The number of hydrogen-bond acceptors (Lipinski definition) is 4. The van der Waals surface area contributed by atoms with Crippen molar-refractivity contribution in [2.75, 3.05) is 0 Å². The van der Waals surface area contributed by atoms with Gasteiger partial charge in [-0.15, -0.1) is 0 Å². The molecule has 0 aliphatic carbocycles. The fourth-order valence-electron chi connectivity index (χ4n) is 2.14. The number of aliphatic carboxylic acids is 1. The maximum absolute atomic E-state index is 12.2. The number of amides is 1. The molecule has 1 amide bonds. The molecule has 1 unspecified atom stereocenters. The van der Waals surface area contributed by atoms with Crippen molar-refractivity contribution in [3.63, 3.8) is 0 Å². The van der Waals surface area contributed by atoms with E-state index in [0.717, 1.165) is 0 Å². The molecule has 0 saturated heterocycles. The van der Waals surface area contributed by atoms with Gasteiger partial charge in [-0.3, -0.25) is 19.7 Å². The lowest BCUT2D eigenvalue weighted by atomic mass is 10.0. The Hall–Kier alpha value is -2.44. The molecule has 7 nitrogen and oxygen atoms in total. The van der Waals surface area contributed by atoms with E-state index in [0.29, 0.717) is 18.4 Å². The quantitative estimate of drug-likeness (QED) is 0.592. The van der Waals surface area contributed by atoms with Crippen LogP contribution < -0.4 is 5.32 Å². The van der Waals surface area contributed by atoms with Crippen LogP contribution in [0.2, 0.25) is 0 Å². The molecule has 1 aromatic rings. The van der Waals surface area contributed by atoms with Crippen molar-refractivity contribution in [2.45, 2.75) is 39.2 Å². The summed E-state index contributed by atoms with van der Waals surface area (Å²) in [6.07, 6.45) is 0.991. The average molecular weight is 294 g/mol. The molecular formula is C14H18N2O5. The number of benzene rings is 1. The predicted molar refractivity (Wildman–Crippen MR) is 76.2 cm³/mol. The van der Waals surface area contributed by atoms with Crippen LogP contribution in [0.1, 0.15) is 42.1 Å². The van der Waals surface area contributed by atoms with Gasteiger partial charge in [-0.1, -0.05) is 25.5 Å². The first kappa shape index (κ1) is 16.6. The van der Waals surface area contributed by atoms with E-state index in [1.54, 1.807) is 13.0 Å². The first-order valence-electron chi connectivity index (χ1n) is 6.63. The Bertz CT molecular complexity index is 556. The maximum atomic E-state index is 12.2. The Morgan fingerprint density at radius 3 is 2.62 bits per heavy atom. The van der Waals surface area contributed by atoms with Crippen LogP contribution in [0, 0.1) is 17.0 Å². The number of aryl methyl sites for hydroxylation is 1. The van der Waals surface area contributed by atoms with Crippen molar-refractivity contribution < 1.29 is 19.6 Å². The van der Waals surface area contributed by atoms with Crippen LogP contribution in [0.15, 0.2) is 18.2 Å². The number of nitrogens with zero attached hydrogens (tertiary/aromatic N) is 1. The van der Waals surface area contributed by atoms with Gasteiger partial charge in [0, 0.05) is 12.1 Å². The van der Waals surface area contributed by atoms with E-state index < -0.39 is 22.8 Å². The molecule has 0 aliphatic rings. The van der Waals surface area contributed by atoms with Crippen molar-refractivity contribution >= 4 is 17.6 Å². The summed E-state index contributed by atoms with van der Waals surface area (Å²) in [6, 6.07) is 3.83. The first-order chi connectivity index (χ1) is 9.86. The van der Waals surface area contributed by atoms with E-state index in [4.69, 9.17) is 5.11 Å². The van der Waals surface area contributed by atoms with Gasteiger partial charge in [-0.2, -0.15) is 0 Å². The minimum Gasteiger partial charge on any atom is -0.481 e. The van der Waals surface area contributed by atoms with Crippen molar-refractivity contribution in [3.05, 3.63) is 39.4 Å². The van der Waals surface area contributed by atoms with Crippen LogP contribution in [-0.4, -0.2) is 27.9 Å². The molecule has 0 aromatic heterocycles. The van der Waals surface area contributed by atoms with Crippen molar-refractivity contribution in [1.29, 1.82) is 0 Å². The molecule has 0 spiro atoms. The van der Waals surface area contributed by atoms with Crippen LogP contribution in [0.3, 0.4) is 0 Å². The van der Waals surface area contributed by atoms with E-state index in [2.05, 4.69) is 5.32 Å². The van der Waals surface area contributed by atoms with E-state index in [9.17, 15) is 19.7 Å². The highest BCUT2D eigenvalue weighted by Crippen LogP contribution is 2.22. The second kappa shape index (κ2) is 7.37. The number of carboxylic acids is 1. The van der Waals surface area contributed by atoms with E-state index in [-0.39, 0.29) is 17.7 Å². The van der Waals surface area contributed by atoms with Gasteiger partial charge < -0.3 is 10.4 Å². The third-order valence-corrected chi connectivity index (χ3v) is 3.07. The average Bonchev–Trinajstić information content (AvgIpc) is 2.37. The third-order valence-electron chi connectivity index (χ3n) is 3.07. The van der Waals surface area contributed by atoms with Crippen LogP contribution in [0.25, 0.3) is 0 Å². The molecular weight excluding hydrogens is 276 g/mol. The van der Waals surface area contributed by atoms with Crippen LogP contribution in [0.4, 0.5) is 5.69 Å². The van der Waals surface area contributed by atoms with Gasteiger partial charge in [-0.25, -0.2) is 0 Å². The molecule has 2 N–H and O–H groups in total. The minimum absolute atomic E-state index is 0.0195. The summed E-state index contributed by atoms with van der Waals surface area (Å²) in [6.45, 7) is 3.48. The number of carbonyl (C=O) groups excluding carboxylic acids is 1. The van der Waals surface area contributed by atoms with E-state index in [1.807, 2.05) is 6.92 Å². The number of carboxylic acid groups (broad SMARTS) is 1. The maximum Gasteiger partial charge on any atom is 0.305 e. The molecule has 1 atom stereocenters. The Labute approximate surface area is 122 Å². The molecule has 0 aliphatic heterocycles. The molecule has 7 heteroatoms. The van der Waals surface area contributed by atoms with Gasteiger partial charge in [0.1, 0.15) is 5.56 Å². The Kier molecular flexibility index (Phi) is 5.83. The number of nitro benzene ring substituents is 1. The molecule has 1 aromatic carbocycles. The largest absolute Gasteiger partial charge is 0.481 e. The fraction of sp³-hybridized carbons (Fsp3) is 0.429. The monoisotopic (exact) mass is 294 g/mol. The highest BCUT2D eigenvalue weighted by Gasteiger charge is 2.24. The normalized spacial score (nSPS) is 11.7. The topological polar surface area (TPSA) is 110 Å². The van der Waals surface area contributed by atoms with Gasteiger partial charge in [-0.05, 0) is 18.9 Å².